The maximum atomic E-state index is 14.5. The number of esters is 1. The molecule has 1 aromatic carbocycles. The van der Waals surface area contributed by atoms with Gasteiger partial charge < -0.3 is 84.0 Å². The number of pyridine rings is 1. The van der Waals surface area contributed by atoms with Crippen LogP contribution in [0.4, 0.5) is 22.5 Å². The number of aliphatic hydroxyl groups is 1. The minimum Gasteiger partial charge on any atom is -0.460 e. The molecule has 2 unspecified atom stereocenters. The lowest BCUT2D eigenvalue weighted by Crippen LogP contribution is -2.54. The molecule has 6 aromatic heterocycles. The molecule has 6 aliphatic rings. The van der Waals surface area contributed by atoms with Gasteiger partial charge in [-0.05, 0) is 156 Å². The number of piperazine rings is 1. The molecule has 11 heterocycles. The third-order valence-electron chi connectivity index (χ3n) is 25.3. The molecule has 34 heteroatoms. The molecule has 9 atom stereocenters. The van der Waals surface area contributed by atoms with Gasteiger partial charge in [0.25, 0.3) is 11.8 Å². The van der Waals surface area contributed by atoms with Crippen LogP contribution in [-0.2, 0) is 92.7 Å². The van der Waals surface area contributed by atoms with Crippen molar-refractivity contribution < 1.29 is 81.4 Å². The van der Waals surface area contributed by atoms with Gasteiger partial charge >= 0.3 is 12.1 Å². The Balaban J connectivity index is 0.468. The molecule has 0 spiro atoms. The molecule has 1 aliphatic carbocycles. The molecule has 0 radical (unpaired) electrons. The minimum absolute atomic E-state index is 0.0424. The number of hydrogen-bond acceptors (Lipinski definition) is 28. The molecule has 4 fully saturated rings. The number of nitrogens with one attached hydrogen (secondary N) is 3. The van der Waals surface area contributed by atoms with Gasteiger partial charge in [0, 0.05) is 151 Å². The maximum Gasteiger partial charge on any atom is 0.407 e. The van der Waals surface area contributed by atoms with Gasteiger partial charge in [0.15, 0.2) is 5.65 Å². The average molecular weight is 1780 g/mol. The van der Waals surface area contributed by atoms with Crippen LogP contribution in [0.3, 0.4) is 0 Å². The van der Waals surface area contributed by atoms with E-state index in [4.69, 9.17) is 48.7 Å². The SMILES string of the molecule is CO[C@H]1CC2CCCC(O2)C(=O)C(=O)N2CCCC[C@H]2C(=O)O[C@H](CCC2CCC(OC(=O)NCc3cnc(N4CCN(c5ncc(C(=O)NCCOCCOCCOCCOCCC(=O)N6CCc7cc(Cn8nc(-c9cnc%10[nH]ccc%10c9)c9c(N)ncnc98)ccc7C6)cn5)CC4)nc3)CC2)CC(=O)[C@H](C)/C=C(\C)[C@@H](O)CC(=O)[C@H](C)C[C@H](C)/C=C/C=CC=C1C. The Morgan fingerprint density at radius 2 is 1.40 bits per heavy atom. The van der Waals surface area contributed by atoms with E-state index in [1.54, 1.807) is 45.6 Å². The van der Waals surface area contributed by atoms with Crippen LogP contribution in [0.2, 0.25) is 0 Å². The third kappa shape index (κ3) is 27.0. The number of benzene rings is 1. The lowest BCUT2D eigenvalue weighted by molar-refractivity contribution is -0.167. The van der Waals surface area contributed by atoms with Gasteiger partial charge in [-0.25, -0.2) is 49.2 Å². The van der Waals surface area contributed by atoms with E-state index >= 15 is 0 Å². The second kappa shape index (κ2) is 47.4. The van der Waals surface area contributed by atoms with Crippen molar-refractivity contribution in [2.75, 3.05) is 121 Å². The normalized spacial score (nSPS) is 24.1. The first-order valence-electron chi connectivity index (χ1n) is 45.7. The highest BCUT2D eigenvalue weighted by Crippen LogP contribution is 2.36. The lowest BCUT2D eigenvalue weighted by atomic mass is 9.83. The molecule has 34 nitrogen and oxygen atoms in total. The summed E-state index contributed by atoms with van der Waals surface area (Å²) in [6.07, 6.45) is 27.2. The van der Waals surface area contributed by atoms with Crippen LogP contribution >= 0.6 is 0 Å². The number of ketones is 3. The van der Waals surface area contributed by atoms with Gasteiger partial charge in [0.05, 0.1) is 95.1 Å². The summed E-state index contributed by atoms with van der Waals surface area (Å²) < 4.78 is 49.0. The largest absolute Gasteiger partial charge is 0.460 e. The second-order valence-electron chi connectivity index (χ2n) is 34.8. The summed E-state index contributed by atoms with van der Waals surface area (Å²) >= 11 is 0. The highest BCUT2D eigenvalue weighted by Gasteiger charge is 2.42. The maximum absolute atomic E-state index is 14.5. The Morgan fingerprint density at radius 3 is 2.14 bits per heavy atom. The number of nitrogens with zero attached hydrogens (tertiary/aromatic N) is 13. The van der Waals surface area contributed by atoms with Crippen molar-refractivity contribution >= 4 is 86.9 Å². The number of piperidine rings is 1. The quantitative estimate of drug-likeness (QED) is 0.0132. The summed E-state index contributed by atoms with van der Waals surface area (Å²) in [5.41, 5.74) is 15.1. The molecular weight excluding hydrogens is 1650 g/mol. The predicted octanol–water partition coefficient (Wildman–Crippen LogP) is 10.0. The monoisotopic (exact) mass is 1780 g/mol. The molecule has 7 aromatic rings. The smallest absolute Gasteiger partial charge is 0.407 e. The molecule has 4 amide bonds. The molecule has 13 rings (SSSR count). The van der Waals surface area contributed by atoms with Crippen molar-refractivity contribution in [1.82, 2.24) is 70.1 Å². The van der Waals surface area contributed by atoms with E-state index in [0.717, 1.165) is 52.6 Å². The molecule has 129 heavy (non-hydrogen) atoms. The number of amides is 4. The zero-order valence-electron chi connectivity index (χ0n) is 75.1. The number of aromatic amines is 1. The molecule has 5 aliphatic heterocycles. The molecular formula is C95H125N17O17. The summed E-state index contributed by atoms with van der Waals surface area (Å²) in [6.45, 7) is 16.7. The van der Waals surface area contributed by atoms with Gasteiger partial charge in [-0.15, -0.1) is 0 Å². The highest BCUT2D eigenvalue weighted by atomic mass is 16.6. The van der Waals surface area contributed by atoms with Gasteiger partial charge in [0.1, 0.15) is 59.4 Å². The number of carbonyl (C=O) groups excluding carboxylic acids is 8. The molecule has 1 saturated carbocycles. The summed E-state index contributed by atoms with van der Waals surface area (Å²) in [4.78, 5) is 152. The van der Waals surface area contributed by atoms with E-state index < -0.39 is 54.0 Å². The standard InChI is InChI=1S/C95H125N17O17/c1-61-13-8-7-9-14-62(2)82(122-6)50-75-15-12-17-81(127-75)86(117)91(119)111-31-11-10-16-77(111)92(120)128-76(49-78(113)64(4)46-65(5)80(115)51-79(114)63(3)45-61)25-21-66-19-23-74(24-20-66)129-95(121)104-54-68-52-100-93(101-53-68)108-33-35-109(36-34-108)94-102-56-73(57-103-94)90(118)98-30-38-124-40-42-126-44-43-125-41-39-123-37-28-83(116)110-32-27-69-47-67(18-22-71(69)59-110)58-112-89-84(87(96)105-60-106-89)85(107-112)72-48-70-26-29-97-88(70)99-55-72/h7-9,13-14,18,22,26,29,46-48,52-53,55-57,60-61,63-64,66,74-77,80-82,115H,10-12,15-17,19-21,23-25,27-28,30-45,49-51,54,58-59H2,1-6H3,(H,97,99)(H,98,118)(H,104,121)(H2,96,105,106)/b9-7?,13-8+,62-14?,65-46+/t61-,63-,64-,66?,74?,75?,76-,77+,80+,81?,82+/m1/s1. The number of rotatable bonds is 28. The van der Waals surface area contributed by atoms with E-state index in [2.05, 4.69) is 73.6 Å². The lowest BCUT2D eigenvalue weighted by Gasteiger charge is -2.36. The Hall–Kier alpha value is -11.1. The van der Waals surface area contributed by atoms with Crippen LogP contribution in [0.25, 0.3) is 33.3 Å². The van der Waals surface area contributed by atoms with Crippen LogP contribution in [0.1, 0.15) is 176 Å². The average Bonchev–Trinajstić information content (AvgIpc) is 1.61. The number of carbonyl (C=O) groups is 8. The molecule has 692 valence electrons. The number of nitrogen functional groups attached to an aromatic ring is 1. The van der Waals surface area contributed by atoms with Crippen LogP contribution in [0.15, 0.2) is 121 Å². The van der Waals surface area contributed by atoms with Crippen LogP contribution in [-0.4, -0.2) is 260 Å². The van der Waals surface area contributed by atoms with Crippen molar-refractivity contribution in [2.24, 2.45) is 23.7 Å². The number of Topliss-reactive ketones (excluding diaryl/α,β-unsaturated/α-hetero) is 3. The fraction of sp³-hybridized carbons (Fsp3) is 0.558. The number of hydrogen-bond donors (Lipinski definition) is 5. The predicted molar refractivity (Wildman–Crippen MR) is 482 cm³/mol. The molecule has 2 bridgehead atoms. The van der Waals surface area contributed by atoms with E-state index in [1.807, 2.05) is 84.0 Å². The number of H-pyrrole nitrogens is 1. The second-order valence-corrected chi connectivity index (χ2v) is 34.8. The Morgan fingerprint density at radius 1 is 0.682 bits per heavy atom. The first kappa shape index (κ1) is 95.4. The van der Waals surface area contributed by atoms with E-state index in [1.165, 1.54) is 29.2 Å². The number of ether oxygens (including phenoxy) is 8. The first-order chi connectivity index (χ1) is 62.6. The van der Waals surface area contributed by atoms with Crippen molar-refractivity contribution in [2.45, 2.75) is 212 Å². The van der Waals surface area contributed by atoms with Gasteiger partial charge in [-0.1, -0.05) is 75.4 Å². The number of aliphatic hydroxyl groups excluding tert-OH is 1. The number of methoxy groups -OCH3 is 1. The summed E-state index contributed by atoms with van der Waals surface area (Å²) in [5.74, 6) is -2.10. The fourth-order valence-corrected chi connectivity index (χ4v) is 17.6. The zero-order valence-corrected chi connectivity index (χ0v) is 75.1. The number of aromatic nitrogens is 10. The van der Waals surface area contributed by atoms with Gasteiger partial charge in [0.2, 0.25) is 23.6 Å². The number of cyclic esters (lactones) is 1. The van der Waals surface area contributed by atoms with E-state index in [9.17, 15) is 43.5 Å². The highest BCUT2D eigenvalue weighted by molar-refractivity contribution is 6.38. The summed E-state index contributed by atoms with van der Waals surface area (Å²) in [7, 11) is 1.63. The summed E-state index contributed by atoms with van der Waals surface area (Å²) in [5, 5.41) is 23.6. The van der Waals surface area contributed by atoms with Crippen LogP contribution < -0.4 is 26.2 Å². The van der Waals surface area contributed by atoms with E-state index in [-0.39, 0.29) is 105 Å². The number of anilines is 3. The third-order valence-corrected chi connectivity index (χ3v) is 25.3. The number of alkyl carbamates (subject to hydrolysis) is 1. The zero-order chi connectivity index (χ0) is 90.7. The van der Waals surface area contributed by atoms with Crippen LogP contribution in [0, 0.1) is 23.7 Å². The Labute approximate surface area is 752 Å². The fourth-order valence-electron chi connectivity index (χ4n) is 17.6. The van der Waals surface area contributed by atoms with Gasteiger partial charge in [-0.3, -0.25) is 28.8 Å². The number of nitrogens with two attached hydrogens (primary N) is 1. The van der Waals surface area contributed by atoms with Crippen molar-refractivity contribution in [3.05, 3.63) is 149 Å². The van der Waals surface area contributed by atoms with Crippen molar-refractivity contribution in [1.29, 1.82) is 0 Å². The minimum atomic E-state index is -1.09. The molecule has 6 N–H and O–H groups in total. The molecule has 3 saturated heterocycles. The number of fused-ring (bicyclic) bond motifs is 6. The summed E-state index contributed by atoms with van der Waals surface area (Å²) in [6, 6.07) is 9.30. The Kier molecular flexibility index (Phi) is 35.1. The van der Waals surface area contributed by atoms with Crippen molar-refractivity contribution in [3.63, 3.8) is 0 Å². The first-order valence-corrected chi connectivity index (χ1v) is 45.7. The Bertz CT molecular complexity index is 5080. The number of allylic oxidation sites excluding steroid dienone is 6. The van der Waals surface area contributed by atoms with Crippen LogP contribution in [0.5, 0.6) is 0 Å². The van der Waals surface area contributed by atoms with Crippen molar-refractivity contribution in [3.8, 4) is 11.3 Å². The topological polar surface area (TPSA) is 418 Å². The van der Waals surface area contributed by atoms with Gasteiger partial charge in [-0.2, -0.15) is 5.10 Å². The van der Waals surface area contributed by atoms with E-state index in [0.29, 0.717) is 220 Å².